The van der Waals surface area contributed by atoms with Gasteiger partial charge in [-0.3, -0.25) is 13.9 Å². The second-order valence-electron chi connectivity index (χ2n) is 10.8. The Bertz CT molecular complexity index is 1680. The van der Waals surface area contributed by atoms with E-state index in [-0.39, 0.29) is 23.8 Å². The number of anilines is 1. The molecule has 7 nitrogen and oxygen atoms in total. The molecular formula is C35H38ClN3O4S. The first-order valence-corrected chi connectivity index (χ1v) is 16.4. The van der Waals surface area contributed by atoms with Crippen molar-refractivity contribution in [2.75, 3.05) is 17.4 Å². The molecule has 4 aromatic carbocycles. The largest absolute Gasteiger partial charge is 0.354 e. The van der Waals surface area contributed by atoms with E-state index in [1.807, 2.05) is 69.3 Å². The van der Waals surface area contributed by atoms with Gasteiger partial charge in [-0.05, 0) is 72.9 Å². The third kappa shape index (κ3) is 8.27. The summed E-state index contributed by atoms with van der Waals surface area (Å²) in [6, 6.07) is 29.2. The van der Waals surface area contributed by atoms with Crippen molar-refractivity contribution in [3.8, 4) is 0 Å². The fraction of sp³-hybridized carbons (Fsp3) is 0.257. The molecule has 0 fully saturated rings. The van der Waals surface area contributed by atoms with Crippen LogP contribution in [0.15, 0.2) is 108 Å². The van der Waals surface area contributed by atoms with Gasteiger partial charge in [-0.25, -0.2) is 8.42 Å². The molecule has 0 spiro atoms. The number of sulfonamides is 1. The second kappa shape index (κ2) is 15.0. The number of aryl methyl sites for hydroxylation is 2. The number of hydrogen-bond acceptors (Lipinski definition) is 4. The minimum atomic E-state index is -4.16. The van der Waals surface area contributed by atoms with E-state index in [1.165, 1.54) is 17.0 Å². The Morgan fingerprint density at radius 3 is 2.16 bits per heavy atom. The van der Waals surface area contributed by atoms with E-state index in [2.05, 4.69) is 5.32 Å². The Labute approximate surface area is 265 Å². The predicted molar refractivity (Wildman–Crippen MR) is 176 cm³/mol. The van der Waals surface area contributed by atoms with Crippen molar-refractivity contribution >= 4 is 39.1 Å². The Balaban J connectivity index is 1.82. The number of carbonyl (C=O) groups is 2. The molecule has 0 aliphatic heterocycles. The van der Waals surface area contributed by atoms with Crippen molar-refractivity contribution < 1.29 is 18.0 Å². The van der Waals surface area contributed by atoms with Crippen LogP contribution in [0, 0.1) is 13.8 Å². The third-order valence-electron chi connectivity index (χ3n) is 7.31. The first-order chi connectivity index (χ1) is 21.1. The van der Waals surface area contributed by atoms with E-state index in [0.717, 1.165) is 27.4 Å². The number of carbonyl (C=O) groups excluding carboxylic acids is 2. The highest BCUT2D eigenvalue weighted by Gasteiger charge is 2.35. The van der Waals surface area contributed by atoms with Gasteiger partial charge in [0.1, 0.15) is 12.6 Å². The van der Waals surface area contributed by atoms with Crippen LogP contribution in [0.4, 0.5) is 5.69 Å². The molecule has 4 rings (SSSR count). The summed E-state index contributed by atoms with van der Waals surface area (Å²) in [6.07, 6.45) is 0.972. The summed E-state index contributed by atoms with van der Waals surface area (Å²) in [5.41, 5.74) is 3.54. The first-order valence-electron chi connectivity index (χ1n) is 14.6. The lowest BCUT2D eigenvalue weighted by atomic mass is 10.0. The lowest BCUT2D eigenvalue weighted by molar-refractivity contribution is -0.140. The van der Waals surface area contributed by atoms with Gasteiger partial charge in [0.05, 0.1) is 10.6 Å². The van der Waals surface area contributed by atoms with Gasteiger partial charge in [-0.2, -0.15) is 0 Å². The Morgan fingerprint density at radius 2 is 1.50 bits per heavy atom. The van der Waals surface area contributed by atoms with Crippen molar-refractivity contribution in [2.45, 2.75) is 51.1 Å². The second-order valence-corrected chi connectivity index (χ2v) is 13.1. The molecule has 0 bridgehead atoms. The quantitative estimate of drug-likeness (QED) is 0.187. The zero-order chi connectivity index (χ0) is 31.7. The average Bonchev–Trinajstić information content (AvgIpc) is 3.02. The summed E-state index contributed by atoms with van der Waals surface area (Å²) in [6.45, 7) is 5.64. The number of benzene rings is 4. The third-order valence-corrected chi connectivity index (χ3v) is 9.31. The number of nitrogens with one attached hydrogen (secondary N) is 1. The smallest absolute Gasteiger partial charge is 0.264 e. The SMILES string of the molecule is CCCNC(=O)[C@@H](Cc1ccccc1)N(Cc1cccc(Cl)c1)C(=O)CN(c1cc(C)ccc1C)S(=O)(=O)c1ccccc1. The molecule has 1 atom stereocenters. The van der Waals surface area contributed by atoms with Crippen molar-refractivity contribution in [3.05, 3.63) is 130 Å². The number of nitrogens with zero attached hydrogens (tertiary/aromatic N) is 2. The van der Waals surface area contributed by atoms with Crippen molar-refractivity contribution in [1.29, 1.82) is 0 Å². The van der Waals surface area contributed by atoms with Gasteiger partial charge < -0.3 is 10.2 Å². The molecule has 0 unspecified atom stereocenters. The van der Waals surface area contributed by atoms with E-state index in [0.29, 0.717) is 22.8 Å². The molecular weight excluding hydrogens is 594 g/mol. The standard InChI is InChI=1S/C35H38ClN3O4S/c1-4-20-37-35(41)33(23-28-12-7-5-8-13-28)38(24-29-14-11-15-30(36)22-29)34(40)25-39(32-21-26(2)18-19-27(32)3)44(42,43)31-16-9-6-10-17-31/h5-19,21-22,33H,4,20,23-25H2,1-3H3,(H,37,41)/t33-/m1/s1. The predicted octanol–water partition coefficient (Wildman–Crippen LogP) is 6.32. The topological polar surface area (TPSA) is 86.8 Å². The van der Waals surface area contributed by atoms with Crippen LogP contribution in [0.5, 0.6) is 0 Å². The number of halogens is 1. The van der Waals surface area contributed by atoms with E-state index < -0.39 is 28.5 Å². The Hall–Kier alpha value is -4.14. The number of rotatable bonds is 13. The van der Waals surface area contributed by atoms with Crippen LogP contribution in [0.3, 0.4) is 0 Å². The molecule has 9 heteroatoms. The van der Waals surface area contributed by atoms with Crippen LogP contribution >= 0.6 is 11.6 Å². The van der Waals surface area contributed by atoms with Crippen molar-refractivity contribution in [3.63, 3.8) is 0 Å². The fourth-order valence-corrected chi connectivity index (χ4v) is 6.68. The van der Waals surface area contributed by atoms with Gasteiger partial charge in [0.15, 0.2) is 0 Å². The normalized spacial score (nSPS) is 11.9. The lowest BCUT2D eigenvalue weighted by Gasteiger charge is -2.34. The summed E-state index contributed by atoms with van der Waals surface area (Å²) < 4.78 is 29.5. The van der Waals surface area contributed by atoms with Gasteiger partial charge in [0.2, 0.25) is 11.8 Å². The Morgan fingerprint density at radius 1 is 0.841 bits per heavy atom. The molecule has 0 saturated heterocycles. The zero-order valence-corrected chi connectivity index (χ0v) is 26.8. The summed E-state index contributed by atoms with van der Waals surface area (Å²) in [7, 11) is -4.16. The summed E-state index contributed by atoms with van der Waals surface area (Å²) >= 11 is 6.30. The van der Waals surface area contributed by atoms with Gasteiger partial charge in [-0.15, -0.1) is 0 Å². The maximum absolute atomic E-state index is 14.5. The van der Waals surface area contributed by atoms with Crippen LogP contribution in [0.2, 0.25) is 5.02 Å². The van der Waals surface area contributed by atoms with Crippen LogP contribution in [0.1, 0.15) is 35.6 Å². The monoisotopic (exact) mass is 631 g/mol. The molecule has 0 saturated carbocycles. The summed E-state index contributed by atoms with van der Waals surface area (Å²) in [4.78, 5) is 29.8. The van der Waals surface area contributed by atoms with Gasteiger partial charge >= 0.3 is 0 Å². The van der Waals surface area contributed by atoms with Gasteiger partial charge in [0, 0.05) is 24.5 Å². The first kappa shape index (κ1) is 32.8. The zero-order valence-electron chi connectivity index (χ0n) is 25.2. The number of hydrogen-bond donors (Lipinski definition) is 1. The fourth-order valence-electron chi connectivity index (χ4n) is 4.97. The number of amides is 2. The molecule has 0 heterocycles. The van der Waals surface area contributed by atoms with Gasteiger partial charge in [0.25, 0.3) is 10.0 Å². The Kier molecular flexibility index (Phi) is 11.2. The molecule has 2 amide bonds. The molecule has 44 heavy (non-hydrogen) atoms. The summed E-state index contributed by atoms with van der Waals surface area (Å²) in [5, 5.41) is 3.45. The van der Waals surface area contributed by atoms with Crippen molar-refractivity contribution in [1.82, 2.24) is 10.2 Å². The van der Waals surface area contributed by atoms with Crippen LogP contribution in [-0.2, 0) is 32.6 Å². The molecule has 0 aliphatic rings. The molecule has 0 radical (unpaired) electrons. The van der Waals surface area contributed by atoms with E-state index in [9.17, 15) is 18.0 Å². The highest BCUT2D eigenvalue weighted by atomic mass is 35.5. The molecule has 0 aliphatic carbocycles. The van der Waals surface area contributed by atoms with Crippen LogP contribution in [-0.4, -0.2) is 44.3 Å². The molecule has 230 valence electrons. The van der Waals surface area contributed by atoms with E-state index in [4.69, 9.17) is 11.6 Å². The molecule has 4 aromatic rings. The molecule has 0 aromatic heterocycles. The highest BCUT2D eigenvalue weighted by molar-refractivity contribution is 7.92. The highest BCUT2D eigenvalue weighted by Crippen LogP contribution is 2.29. The maximum atomic E-state index is 14.5. The van der Waals surface area contributed by atoms with Crippen molar-refractivity contribution in [2.24, 2.45) is 0 Å². The van der Waals surface area contributed by atoms with E-state index >= 15 is 0 Å². The van der Waals surface area contributed by atoms with Gasteiger partial charge in [-0.1, -0.05) is 91.3 Å². The minimum Gasteiger partial charge on any atom is -0.354 e. The lowest BCUT2D eigenvalue weighted by Crippen LogP contribution is -2.53. The van der Waals surface area contributed by atoms with Crippen LogP contribution < -0.4 is 9.62 Å². The minimum absolute atomic E-state index is 0.0580. The van der Waals surface area contributed by atoms with Crippen LogP contribution in [0.25, 0.3) is 0 Å². The average molecular weight is 632 g/mol. The summed E-state index contributed by atoms with van der Waals surface area (Å²) in [5.74, 6) is -0.826. The van der Waals surface area contributed by atoms with E-state index in [1.54, 1.807) is 42.5 Å². The molecule has 1 N–H and O–H groups in total. The maximum Gasteiger partial charge on any atom is 0.264 e.